The molecule has 0 amide bonds. The van der Waals surface area contributed by atoms with Crippen LogP contribution in [0.1, 0.15) is 41.6 Å². The van der Waals surface area contributed by atoms with Crippen LogP contribution in [0.4, 0.5) is 0 Å². The Hall–Kier alpha value is -1.41. The number of halogens is 1. The first-order chi connectivity index (χ1) is 9.65. The fraction of sp³-hybridized carbons (Fsp3) is 0.412. The molecule has 0 bridgehead atoms. The first-order valence-corrected chi connectivity index (χ1v) is 7.66. The van der Waals surface area contributed by atoms with Gasteiger partial charge < -0.3 is 0 Å². The second-order valence-corrected chi connectivity index (χ2v) is 6.00. The molecule has 3 heteroatoms. The van der Waals surface area contributed by atoms with E-state index < -0.39 is 0 Å². The van der Waals surface area contributed by atoms with Crippen LogP contribution in [0.15, 0.2) is 18.2 Å². The lowest BCUT2D eigenvalue weighted by Crippen LogP contribution is -2.03. The average Bonchev–Trinajstić information content (AvgIpc) is 2.67. The van der Waals surface area contributed by atoms with Crippen molar-refractivity contribution in [3.8, 4) is 11.4 Å². The van der Waals surface area contributed by atoms with E-state index in [1.807, 2.05) is 0 Å². The molecule has 1 aliphatic rings. The molecule has 1 aliphatic carbocycles. The summed E-state index contributed by atoms with van der Waals surface area (Å²) in [4.78, 5) is 9.37. The van der Waals surface area contributed by atoms with Crippen LogP contribution in [0.2, 0.25) is 5.15 Å². The van der Waals surface area contributed by atoms with Gasteiger partial charge in [0.25, 0.3) is 0 Å². The lowest BCUT2D eigenvalue weighted by Gasteiger charge is -2.11. The second-order valence-electron chi connectivity index (χ2n) is 5.64. The third kappa shape index (κ3) is 2.57. The predicted molar refractivity (Wildman–Crippen MR) is 83.2 cm³/mol. The van der Waals surface area contributed by atoms with Crippen molar-refractivity contribution in [1.82, 2.24) is 9.97 Å². The molecule has 0 radical (unpaired) electrons. The molecule has 20 heavy (non-hydrogen) atoms. The van der Waals surface area contributed by atoms with Crippen molar-refractivity contribution in [1.29, 1.82) is 0 Å². The summed E-state index contributed by atoms with van der Waals surface area (Å²) in [6.07, 6.45) is 5.69. The average molecular weight is 287 g/mol. The summed E-state index contributed by atoms with van der Waals surface area (Å²) in [5.41, 5.74) is 5.83. The smallest absolute Gasteiger partial charge is 0.161 e. The maximum absolute atomic E-state index is 6.41. The van der Waals surface area contributed by atoms with E-state index >= 15 is 0 Å². The van der Waals surface area contributed by atoms with Crippen molar-refractivity contribution in [2.24, 2.45) is 0 Å². The molecular weight excluding hydrogens is 268 g/mol. The Balaban J connectivity index is 2.13. The SMILES string of the molecule is Cc1ccc(C)c(-c2nc(Cl)c3c(n2)CCCCC3)c1. The minimum atomic E-state index is 0.646. The van der Waals surface area contributed by atoms with E-state index in [0.29, 0.717) is 5.15 Å². The summed E-state index contributed by atoms with van der Waals surface area (Å²) in [5.74, 6) is 0.775. The maximum atomic E-state index is 6.41. The first kappa shape index (κ1) is 13.6. The normalized spacial score (nSPS) is 14.8. The molecule has 0 atom stereocenters. The van der Waals surface area contributed by atoms with Crippen LogP contribution in [0.5, 0.6) is 0 Å². The predicted octanol–water partition coefficient (Wildman–Crippen LogP) is 4.68. The van der Waals surface area contributed by atoms with Gasteiger partial charge in [-0.3, -0.25) is 0 Å². The van der Waals surface area contributed by atoms with Gasteiger partial charge in [-0.05, 0) is 51.2 Å². The molecular formula is C17H19ClN2. The molecule has 2 nitrogen and oxygen atoms in total. The minimum absolute atomic E-state index is 0.646. The van der Waals surface area contributed by atoms with Crippen LogP contribution in [0.25, 0.3) is 11.4 Å². The van der Waals surface area contributed by atoms with Crippen molar-refractivity contribution >= 4 is 11.6 Å². The zero-order valence-electron chi connectivity index (χ0n) is 12.0. The zero-order valence-corrected chi connectivity index (χ0v) is 12.8. The molecule has 0 unspecified atom stereocenters. The molecule has 0 spiro atoms. The topological polar surface area (TPSA) is 25.8 Å². The molecule has 104 valence electrons. The quantitative estimate of drug-likeness (QED) is 0.562. The van der Waals surface area contributed by atoms with Crippen LogP contribution in [-0.4, -0.2) is 9.97 Å². The van der Waals surface area contributed by atoms with Gasteiger partial charge in [0.1, 0.15) is 5.15 Å². The second kappa shape index (κ2) is 5.53. The summed E-state index contributed by atoms with van der Waals surface area (Å²) >= 11 is 6.41. The number of nitrogens with zero attached hydrogens (tertiary/aromatic N) is 2. The van der Waals surface area contributed by atoms with E-state index in [9.17, 15) is 0 Å². The third-order valence-corrected chi connectivity index (χ3v) is 4.33. The van der Waals surface area contributed by atoms with Crippen LogP contribution < -0.4 is 0 Å². The van der Waals surface area contributed by atoms with Crippen LogP contribution in [0.3, 0.4) is 0 Å². The summed E-state index contributed by atoms with van der Waals surface area (Å²) < 4.78 is 0. The molecule has 3 rings (SSSR count). The first-order valence-electron chi connectivity index (χ1n) is 7.28. The van der Waals surface area contributed by atoms with E-state index in [-0.39, 0.29) is 0 Å². The molecule has 0 saturated carbocycles. The van der Waals surface area contributed by atoms with E-state index in [0.717, 1.165) is 29.9 Å². The standard InChI is InChI=1S/C17H19ClN2/c1-11-8-9-12(2)14(10-11)17-19-15-7-5-3-4-6-13(15)16(18)20-17/h8-10H,3-7H2,1-2H3. The molecule has 0 fully saturated rings. The Morgan fingerprint density at radius 1 is 1.00 bits per heavy atom. The fourth-order valence-corrected chi connectivity index (χ4v) is 3.11. The highest BCUT2D eigenvalue weighted by Gasteiger charge is 2.17. The number of benzene rings is 1. The van der Waals surface area contributed by atoms with E-state index in [2.05, 4.69) is 37.0 Å². The Bertz CT molecular complexity index is 650. The largest absolute Gasteiger partial charge is 0.233 e. The van der Waals surface area contributed by atoms with Gasteiger partial charge in [-0.15, -0.1) is 0 Å². The number of hydrogen-bond acceptors (Lipinski definition) is 2. The minimum Gasteiger partial charge on any atom is -0.233 e. The Morgan fingerprint density at radius 3 is 2.65 bits per heavy atom. The van der Waals surface area contributed by atoms with E-state index in [1.165, 1.54) is 36.0 Å². The molecule has 0 N–H and O–H groups in total. The van der Waals surface area contributed by atoms with Gasteiger partial charge in [0.05, 0.1) is 0 Å². The van der Waals surface area contributed by atoms with Crippen molar-refractivity contribution in [2.75, 3.05) is 0 Å². The number of aromatic nitrogens is 2. The van der Waals surface area contributed by atoms with Crippen LogP contribution in [0, 0.1) is 13.8 Å². The third-order valence-electron chi connectivity index (χ3n) is 4.02. The lowest BCUT2D eigenvalue weighted by molar-refractivity contribution is 0.709. The van der Waals surface area contributed by atoms with Crippen molar-refractivity contribution in [2.45, 2.75) is 46.0 Å². The fourth-order valence-electron chi connectivity index (χ4n) is 2.82. The zero-order chi connectivity index (χ0) is 14.1. The van der Waals surface area contributed by atoms with Gasteiger partial charge in [-0.25, -0.2) is 9.97 Å². The summed E-state index contributed by atoms with van der Waals surface area (Å²) in [6.45, 7) is 4.19. The molecule has 1 aromatic heterocycles. The molecule has 1 heterocycles. The van der Waals surface area contributed by atoms with Gasteiger partial charge in [-0.1, -0.05) is 35.7 Å². The van der Waals surface area contributed by atoms with Crippen molar-refractivity contribution < 1.29 is 0 Å². The monoisotopic (exact) mass is 286 g/mol. The van der Waals surface area contributed by atoms with Crippen molar-refractivity contribution in [3.05, 3.63) is 45.7 Å². The number of rotatable bonds is 1. The summed E-state index contributed by atoms with van der Waals surface area (Å²) in [7, 11) is 0. The number of hydrogen-bond donors (Lipinski definition) is 0. The number of aryl methyl sites for hydroxylation is 3. The molecule has 2 aromatic rings. The highest BCUT2D eigenvalue weighted by Crippen LogP contribution is 2.29. The van der Waals surface area contributed by atoms with Crippen LogP contribution in [-0.2, 0) is 12.8 Å². The molecule has 0 saturated heterocycles. The molecule has 0 aliphatic heterocycles. The maximum Gasteiger partial charge on any atom is 0.161 e. The summed E-state index contributed by atoms with van der Waals surface area (Å²) in [5, 5.41) is 0.646. The Labute approximate surface area is 125 Å². The van der Waals surface area contributed by atoms with Crippen molar-refractivity contribution in [3.63, 3.8) is 0 Å². The highest BCUT2D eigenvalue weighted by atomic mass is 35.5. The van der Waals surface area contributed by atoms with Crippen LogP contribution >= 0.6 is 11.6 Å². The van der Waals surface area contributed by atoms with Gasteiger partial charge in [0.2, 0.25) is 0 Å². The summed E-state index contributed by atoms with van der Waals surface area (Å²) in [6, 6.07) is 6.38. The van der Waals surface area contributed by atoms with E-state index in [4.69, 9.17) is 16.6 Å². The number of fused-ring (bicyclic) bond motifs is 1. The lowest BCUT2D eigenvalue weighted by atomic mass is 10.0. The Morgan fingerprint density at radius 2 is 1.80 bits per heavy atom. The van der Waals surface area contributed by atoms with Gasteiger partial charge in [-0.2, -0.15) is 0 Å². The van der Waals surface area contributed by atoms with Gasteiger partial charge >= 0.3 is 0 Å². The van der Waals surface area contributed by atoms with E-state index in [1.54, 1.807) is 0 Å². The highest BCUT2D eigenvalue weighted by molar-refractivity contribution is 6.30. The van der Waals surface area contributed by atoms with Gasteiger partial charge in [0.15, 0.2) is 5.82 Å². The Kier molecular flexibility index (Phi) is 3.75. The van der Waals surface area contributed by atoms with Gasteiger partial charge in [0, 0.05) is 16.8 Å². The molecule has 1 aromatic carbocycles.